The number of aromatic nitrogens is 1. The van der Waals surface area contributed by atoms with E-state index in [4.69, 9.17) is 4.74 Å². The molecule has 3 aromatic rings. The van der Waals surface area contributed by atoms with Crippen LogP contribution in [0.3, 0.4) is 0 Å². The number of carboxylic acid groups (broad SMARTS) is 1. The number of pyridine rings is 1. The van der Waals surface area contributed by atoms with E-state index in [9.17, 15) is 9.90 Å². The number of carbonyl (C=O) groups is 1. The Morgan fingerprint density at radius 1 is 1.10 bits per heavy atom. The van der Waals surface area contributed by atoms with Crippen LogP contribution in [0.2, 0.25) is 0 Å². The summed E-state index contributed by atoms with van der Waals surface area (Å²) in [5.41, 5.74) is 0. The first-order valence-electron chi connectivity index (χ1n) is 10.3. The van der Waals surface area contributed by atoms with E-state index < -0.39 is 11.9 Å². The summed E-state index contributed by atoms with van der Waals surface area (Å²) >= 11 is 0. The number of nitrogens with one attached hydrogen (secondary N) is 1. The van der Waals surface area contributed by atoms with E-state index in [-0.39, 0.29) is 12.0 Å². The second-order valence-electron chi connectivity index (χ2n) is 7.59. The molecule has 2 aromatic carbocycles. The van der Waals surface area contributed by atoms with Crippen molar-refractivity contribution in [2.24, 2.45) is 11.8 Å². The average Bonchev–Trinajstić information content (AvgIpc) is 2.78. The lowest BCUT2D eigenvalue weighted by Crippen LogP contribution is -2.39. The molecule has 2 unspecified atom stereocenters. The largest absolute Gasteiger partial charge is 0.493 e. The van der Waals surface area contributed by atoms with Gasteiger partial charge in [0.15, 0.2) is 0 Å². The van der Waals surface area contributed by atoms with Gasteiger partial charge in [0, 0.05) is 35.8 Å². The number of hydrogen-bond donors (Lipinski definition) is 2. The third kappa shape index (κ3) is 7.16. The molecule has 0 amide bonds. The van der Waals surface area contributed by atoms with Crippen molar-refractivity contribution in [1.82, 2.24) is 10.3 Å². The Balaban J connectivity index is 1.69. The summed E-state index contributed by atoms with van der Waals surface area (Å²) < 4.78 is 6.18. The molecule has 2 N–H and O–H groups in total. The van der Waals surface area contributed by atoms with Crippen molar-refractivity contribution < 1.29 is 14.6 Å². The second-order valence-corrected chi connectivity index (χ2v) is 9.95. The minimum Gasteiger partial charge on any atom is -0.493 e. The maximum atomic E-state index is 12.1. The first-order chi connectivity index (χ1) is 15.0. The minimum absolute atomic E-state index is 0.171. The highest BCUT2D eigenvalue weighted by Gasteiger charge is 2.29. The number of rotatable bonds is 12. The summed E-state index contributed by atoms with van der Waals surface area (Å²) in [5.74, 6) is -0.253. The molecule has 31 heavy (non-hydrogen) atoms. The molecule has 0 aliphatic carbocycles. The van der Waals surface area contributed by atoms with Gasteiger partial charge in [0.2, 0.25) is 0 Å². The van der Waals surface area contributed by atoms with Crippen molar-refractivity contribution in [2.45, 2.75) is 24.9 Å². The van der Waals surface area contributed by atoms with E-state index in [2.05, 4.69) is 24.1 Å². The van der Waals surface area contributed by atoms with Crippen LogP contribution in [0.15, 0.2) is 71.9 Å². The van der Waals surface area contributed by atoms with Gasteiger partial charge in [-0.15, -0.1) is 0 Å². The zero-order chi connectivity index (χ0) is 22.1. The number of benzene rings is 2. The number of ether oxygens (including phenoxy) is 1. The second kappa shape index (κ2) is 12.0. The van der Waals surface area contributed by atoms with Crippen molar-refractivity contribution in [3.63, 3.8) is 0 Å². The number of nitrogens with zero attached hydrogens (tertiary/aromatic N) is 1. The van der Waals surface area contributed by atoms with Gasteiger partial charge in [0.05, 0.1) is 12.5 Å². The molecule has 0 saturated carbocycles. The molecule has 164 valence electrons. The Bertz CT molecular complexity index is 964. The van der Waals surface area contributed by atoms with E-state index in [1.807, 2.05) is 60.7 Å². The van der Waals surface area contributed by atoms with Gasteiger partial charge in [-0.3, -0.25) is 4.79 Å². The van der Waals surface area contributed by atoms with E-state index >= 15 is 0 Å². The maximum Gasteiger partial charge on any atom is 0.307 e. The average molecular weight is 457 g/mol. The zero-order valence-electron chi connectivity index (χ0n) is 17.7. The quantitative estimate of drug-likeness (QED) is 0.355. The van der Waals surface area contributed by atoms with Gasteiger partial charge in [0.1, 0.15) is 10.8 Å². The standard InChI is InChI=1S/C24H28N2O3S2/c1-17(2)26-14-19(15-29-22-11-7-9-18-8-3-4-10-20(18)22)21(24(27)28)16-30-31-23-12-5-6-13-25-23/h3-13,17,19,21,26H,14-16H2,1-2H3,(H,27,28). The lowest BCUT2D eigenvalue weighted by molar-refractivity contribution is -0.143. The molecule has 0 saturated heterocycles. The summed E-state index contributed by atoms with van der Waals surface area (Å²) in [4.78, 5) is 16.4. The van der Waals surface area contributed by atoms with Gasteiger partial charge in [-0.2, -0.15) is 0 Å². The minimum atomic E-state index is -0.800. The summed E-state index contributed by atoms with van der Waals surface area (Å²) in [5, 5.41) is 16.4. The van der Waals surface area contributed by atoms with Gasteiger partial charge in [0.25, 0.3) is 0 Å². The van der Waals surface area contributed by atoms with Crippen molar-refractivity contribution in [3.8, 4) is 5.75 Å². The molecule has 0 aliphatic rings. The highest BCUT2D eigenvalue weighted by molar-refractivity contribution is 8.76. The summed E-state index contributed by atoms with van der Waals surface area (Å²) in [6.45, 7) is 5.03. The predicted molar refractivity (Wildman–Crippen MR) is 130 cm³/mol. The van der Waals surface area contributed by atoms with Crippen LogP contribution in [0, 0.1) is 11.8 Å². The molecule has 2 atom stereocenters. The van der Waals surface area contributed by atoms with E-state index in [1.165, 1.54) is 21.6 Å². The van der Waals surface area contributed by atoms with Gasteiger partial charge >= 0.3 is 5.97 Å². The van der Waals surface area contributed by atoms with Crippen LogP contribution in [-0.2, 0) is 4.79 Å². The molecular formula is C24H28N2O3S2. The molecular weight excluding hydrogens is 428 g/mol. The fraction of sp³-hybridized carbons (Fsp3) is 0.333. The van der Waals surface area contributed by atoms with Gasteiger partial charge < -0.3 is 15.2 Å². The van der Waals surface area contributed by atoms with E-state index in [0.29, 0.717) is 18.9 Å². The molecule has 1 heterocycles. The SMILES string of the molecule is CC(C)NCC(COc1cccc2ccccc12)C(CSSc1ccccn1)C(=O)O. The number of carboxylic acids is 1. The van der Waals surface area contributed by atoms with Crippen LogP contribution in [-0.4, -0.2) is 41.0 Å². The normalized spacial score (nSPS) is 13.3. The topological polar surface area (TPSA) is 71.5 Å². The fourth-order valence-electron chi connectivity index (χ4n) is 3.20. The third-order valence-corrected chi connectivity index (χ3v) is 7.21. The molecule has 0 aliphatic heterocycles. The van der Waals surface area contributed by atoms with E-state index in [1.54, 1.807) is 6.20 Å². The Kier molecular flexibility index (Phi) is 9.06. The molecule has 0 spiro atoms. The summed E-state index contributed by atoms with van der Waals surface area (Å²) in [6.07, 6.45) is 1.74. The predicted octanol–water partition coefficient (Wildman–Crippen LogP) is 5.37. The molecule has 3 rings (SSSR count). The summed E-state index contributed by atoms with van der Waals surface area (Å²) in [7, 11) is 3.02. The lowest BCUT2D eigenvalue weighted by Gasteiger charge is -2.25. The van der Waals surface area contributed by atoms with Crippen molar-refractivity contribution in [3.05, 3.63) is 66.9 Å². The van der Waals surface area contributed by atoms with Crippen LogP contribution in [0.5, 0.6) is 5.75 Å². The first kappa shape index (κ1) is 23.4. The number of fused-ring (bicyclic) bond motifs is 1. The zero-order valence-corrected chi connectivity index (χ0v) is 19.4. The van der Waals surface area contributed by atoms with Gasteiger partial charge in [-0.1, -0.05) is 67.1 Å². The Morgan fingerprint density at radius 2 is 1.87 bits per heavy atom. The van der Waals surface area contributed by atoms with Gasteiger partial charge in [-0.25, -0.2) is 4.98 Å². The Hall–Kier alpha value is -2.22. The smallest absolute Gasteiger partial charge is 0.307 e. The highest BCUT2D eigenvalue weighted by atomic mass is 33.1. The molecule has 0 fully saturated rings. The van der Waals surface area contributed by atoms with Crippen molar-refractivity contribution >= 4 is 38.3 Å². The Labute approximate surface area is 191 Å². The number of hydrogen-bond acceptors (Lipinski definition) is 6. The maximum absolute atomic E-state index is 12.1. The van der Waals surface area contributed by atoms with Crippen LogP contribution in [0.1, 0.15) is 13.8 Å². The van der Waals surface area contributed by atoms with Crippen LogP contribution < -0.4 is 10.1 Å². The highest BCUT2D eigenvalue weighted by Crippen LogP contribution is 2.33. The monoisotopic (exact) mass is 456 g/mol. The fourth-order valence-corrected chi connectivity index (χ4v) is 5.49. The van der Waals surface area contributed by atoms with Crippen LogP contribution >= 0.6 is 21.6 Å². The Morgan fingerprint density at radius 3 is 2.61 bits per heavy atom. The molecule has 0 bridgehead atoms. The first-order valence-corrected chi connectivity index (χ1v) is 12.6. The van der Waals surface area contributed by atoms with Crippen LogP contribution in [0.4, 0.5) is 0 Å². The van der Waals surface area contributed by atoms with Crippen molar-refractivity contribution in [1.29, 1.82) is 0 Å². The van der Waals surface area contributed by atoms with Crippen LogP contribution in [0.25, 0.3) is 10.8 Å². The molecule has 5 nitrogen and oxygen atoms in total. The van der Waals surface area contributed by atoms with E-state index in [0.717, 1.165) is 21.5 Å². The number of aliphatic carboxylic acids is 1. The van der Waals surface area contributed by atoms with Crippen molar-refractivity contribution in [2.75, 3.05) is 18.9 Å². The lowest BCUT2D eigenvalue weighted by atomic mass is 9.94. The molecule has 1 aromatic heterocycles. The third-order valence-electron chi connectivity index (χ3n) is 4.91. The molecule has 7 heteroatoms. The summed E-state index contributed by atoms with van der Waals surface area (Å²) in [6, 6.07) is 20.0. The van der Waals surface area contributed by atoms with Gasteiger partial charge in [-0.05, 0) is 34.4 Å². The molecule has 0 radical (unpaired) electrons.